The molecular formula is C13H11N5S. The number of fused-ring (bicyclic) bond motifs is 1. The van der Waals surface area contributed by atoms with E-state index < -0.39 is 0 Å². The third kappa shape index (κ3) is 1.75. The van der Waals surface area contributed by atoms with E-state index in [1.165, 1.54) is 0 Å². The summed E-state index contributed by atoms with van der Waals surface area (Å²) in [5.74, 6) is 0. The molecule has 6 heteroatoms. The molecule has 0 aliphatic heterocycles. The van der Waals surface area contributed by atoms with Crippen LogP contribution >= 0.6 is 12.2 Å². The van der Waals surface area contributed by atoms with E-state index in [1.807, 2.05) is 36.9 Å². The number of nitrogens with one attached hydrogen (secondary N) is 1. The Labute approximate surface area is 114 Å². The molecule has 0 saturated heterocycles. The number of H-pyrrole nitrogens is 1. The fourth-order valence-corrected chi connectivity index (χ4v) is 2.52. The maximum atomic E-state index is 9.01. The van der Waals surface area contributed by atoms with Crippen molar-refractivity contribution in [3.8, 4) is 11.8 Å². The third-order valence-electron chi connectivity index (χ3n) is 3.04. The highest BCUT2D eigenvalue weighted by Crippen LogP contribution is 2.22. The van der Waals surface area contributed by atoms with Crippen LogP contribution in [0.4, 0.5) is 0 Å². The van der Waals surface area contributed by atoms with E-state index in [9.17, 15) is 0 Å². The SMILES string of the molecule is Cc1nn(C)cc1-n1c(=S)[nH]c2ccc(C#N)cc21. The highest BCUT2D eigenvalue weighted by molar-refractivity contribution is 7.71. The van der Waals surface area contributed by atoms with Gasteiger partial charge in [0.15, 0.2) is 4.77 Å². The van der Waals surface area contributed by atoms with Crippen LogP contribution in [0.5, 0.6) is 0 Å². The summed E-state index contributed by atoms with van der Waals surface area (Å²) in [6.07, 6.45) is 1.91. The second-order valence-electron chi connectivity index (χ2n) is 4.38. The van der Waals surface area contributed by atoms with Crippen LogP contribution in [0.15, 0.2) is 24.4 Å². The number of hydrogen-bond acceptors (Lipinski definition) is 3. The van der Waals surface area contributed by atoms with Gasteiger partial charge < -0.3 is 4.98 Å². The first-order chi connectivity index (χ1) is 9.10. The first kappa shape index (κ1) is 11.7. The van der Waals surface area contributed by atoms with Gasteiger partial charge in [0.05, 0.1) is 34.0 Å². The van der Waals surface area contributed by atoms with E-state index in [-0.39, 0.29) is 0 Å². The Balaban J connectivity index is 2.40. The van der Waals surface area contributed by atoms with Crippen molar-refractivity contribution in [1.82, 2.24) is 19.3 Å². The van der Waals surface area contributed by atoms with Crippen LogP contribution in [0.2, 0.25) is 0 Å². The van der Waals surface area contributed by atoms with Crippen LogP contribution in [0, 0.1) is 23.0 Å². The van der Waals surface area contributed by atoms with Gasteiger partial charge in [-0.2, -0.15) is 10.4 Å². The lowest BCUT2D eigenvalue weighted by molar-refractivity contribution is 0.756. The minimum Gasteiger partial charge on any atom is -0.330 e. The number of rotatable bonds is 1. The number of nitrogens with zero attached hydrogens (tertiary/aromatic N) is 4. The number of aromatic nitrogens is 4. The van der Waals surface area contributed by atoms with E-state index in [2.05, 4.69) is 16.2 Å². The summed E-state index contributed by atoms with van der Waals surface area (Å²) in [6, 6.07) is 7.61. The molecule has 5 nitrogen and oxygen atoms in total. The number of benzene rings is 1. The summed E-state index contributed by atoms with van der Waals surface area (Å²) in [7, 11) is 1.87. The normalized spacial score (nSPS) is 10.8. The van der Waals surface area contributed by atoms with Crippen molar-refractivity contribution < 1.29 is 0 Å². The van der Waals surface area contributed by atoms with Gasteiger partial charge in [-0.25, -0.2) is 0 Å². The van der Waals surface area contributed by atoms with Crippen LogP contribution in [0.3, 0.4) is 0 Å². The molecule has 2 aromatic heterocycles. The highest BCUT2D eigenvalue weighted by Gasteiger charge is 2.11. The number of nitriles is 1. The van der Waals surface area contributed by atoms with Crippen molar-refractivity contribution in [3.63, 3.8) is 0 Å². The van der Waals surface area contributed by atoms with Crippen molar-refractivity contribution in [2.45, 2.75) is 6.92 Å². The van der Waals surface area contributed by atoms with Gasteiger partial charge in [-0.3, -0.25) is 9.25 Å². The number of hydrogen-bond donors (Lipinski definition) is 1. The van der Waals surface area contributed by atoms with Crippen molar-refractivity contribution in [1.29, 1.82) is 5.26 Å². The van der Waals surface area contributed by atoms with Gasteiger partial charge in [0.25, 0.3) is 0 Å². The molecule has 0 aliphatic carbocycles. The van der Waals surface area contributed by atoms with Crippen molar-refractivity contribution in [3.05, 3.63) is 40.4 Å². The zero-order valence-electron chi connectivity index (χ0n) is 10.5. The lowest BCUT2D eigenvalue weighted by Gasteiger charge is -2.02. The van der Waals surface area contributed by atoms with Gasteiger partial charge >= 0.3 is 0 Å². The Morgan fingerprint density at radius 2 is 2.21 bits per heavy atom. The molecule has 1 N–H and O–H groups in total. The molecule has 2 heterocycles. The average Bonchev–Trinajstić information content (AvgIpc) is 2.86. The average molecular weight is 269 g/mol. The zero-order valence-corrected chi connectivity index (χ0v) is 11.3. The van der Waals surface area contributed by atoms with Gasteiger partial charge in [0.1, 0.15) is 0 Å². The van der Waals surface area contributed by atoms with E-state index in [0.29, 0.717) is 10.3 Å². The maximum Gasteiger partial charge on any atom is 0.182 e. The van der Waals surface area contributed by atoms with Crippen LogP contribution < -0.4 is 0 Å². The van der Waals surface area contributed by atoms with Gasteiger partial charge in [-0.15, -0.1) is 0 Å². The topological polar surface area (TPSA) is 62.3 Å². The summed E-state index contributed by atoms with van der Waals surface area (Å²) < 4.78 is 4.26. The molecule has 3 aromatic rings. The molecule has 0 unspecified atom stereocenters. The Kier molecular flexibility index (Phi) is 2.50. The largest absolute Gasteiger partial charge is 0.330 e. The molecule has 1 aromatic carbocycles. The number of aromatic amines is 1. The fraction of sp³-hybridized carbons (Fsp3) is 0.154. The maximum absolute atomic E-state index is 9.01. The van der Waals surface area contributed by atoms with Gasteiger partial charge in [-0.1, -0.05) is 0 Å². The van der Waals surface area contributed by atoms with E-state index in [4.69, 9.17) is 17.5 Å². The Hall–Kier alpha value is -2.39. The third-order valence-corrected chi connectivity index (χ3v) is 3.33. The summed E-state index contributed by atoms with van der Waals surface area (Å²) in [5.41, 5.74) is 4.22. The van der Waals surface area contributed by atoms with Crippen LogP contribution in [-0.2, 0) is 7.05 Å². The summed E-state index contributed by atoms with van der Waals surface area (Å²) in [6.45, 7) is 1.93. The van der Waals surface area contributed by atoms with Crippen LogP contribution in [-0.4, -0.2) is 19.3 Å². The summed E-state index contributed by atoms with van der Waals surface area (Å²) in [5, 5.41) is 13.3. The minimum absolute atomic E-state index is 0.598. The molecule has 3 rings (SSSR count). The van der Waals surface area contributed by atoms with E-state index in [0.717, 1.165) is 22.4 Å². The molecule has 0 saturated carbocycles. The van der Waals surface area contributed by atoms with Crippen LogP contribution in [0.1, 0.15) is 11.3 Å². The van der Waals surface area contributed by atoms with Gasteiger partial charge in [0, 0.05) is 13.2 Å². The van der Waals surface area contributed by atoms with Gasteiger partial charge in [-0.05, 0) is 37.3 Å². The predicted octanol–water partition coefficient (Wildman–Crippen LogP) is 2.60. The predicted molar refractivity (Wildman–Crippen MR) is 74.7 cm³/mol. The summed E-state index contributed by atoms with van der Waals surface area (Å²) >= 11 is 5.37. The number of imidazole rings is 1. The molecule has 0 spiro atoms. The Morgan fingerprint density at radius 1 is 1.42 bits per heavy atom. The molecule has 19 heavy (non-hydrogen) atoms. The van der Waals surface area contributed by atoms with Crippen LogP contribution in [0.25, 0.3) is 16.7 Å². The van der Waals surface area contributed by atoms with E-state index in [1.54, 1.807) is 10.7 Å². The minimum atomic E-state index is 0.598. The summed E-state index contributed by atoms with van der Waals surface area (Å²) in [4.78, 5) is 3.14. The second kappa shape index (κ2) is 4.07. The smallest absolute Gasteiger partial charge is 0.182 e. The van der Waals surface area contributed by atoms with Crippen molar-refractivity contribution in [2.75, 3.05) is 0 Å². The monoisotopic (exact) mass is 269 g/mol. The lowest BCUT2D eigenvalue weighted by Crippen LogP contribution is -1.94. The van der Waals surface area contributed by atoms with Crippen molar-refractivity contribution >= 4 is 23.3 Å². The first-order valence-electron chi connectivity index (χ1n) is 5.75. The molecule has 94 valence electrons. The standard InChI is InChI=1S/C13H11N5S/c1-8-12(7-17(2)16-8)18-11-5-9(6-14)3-4-10(11)15-13(18)19/h3-5,7H,1-2H3,(H,15,19). The molecule has 0 amide bonds. The molecule has 0 fully saturated rings. The zero-order chi connectivity index (χ0) is 13.6. The van der Waals surface area contributed by atoms with Gasteiger partial charge in [0.2, 0.25) is 0 Å². The quantitative estimate of drug-likeness (QED) is 0.691. The molecular weight excluding hydrogens is 258 g/mol. The van der Waals surface area contributed by atoms with Crippen molar-refractivity contribution in [2.24, 2.45) is 7.05 Å². The number of aryl methyl sites for hydroxylation is 2. The Bertz CT molecular complexity index is 875. The molecule has 0 radical (unpaired) electrons. The van der Waals surface area contributed by atoms with E-state index >= 15 is 0 Å². The first-order valence-corrected chi connectivity index (χ1v) is 6.16. The Morgan fingerprint density at radius 3 is 2.84 bits per heavy atom. The lowest BCUT2D eigenvalue weighted by atomic mass is 10.2. The molecule has 0 aliphatic rings. The second-order valence-corrected chi connectivity index (χ2v) is 4.77. The molecule has 0 bridgehead atoms. The molecule has 0 atom stereocenters. The highest BCUT2D eigenvalue weighted by atomic mass is 32.1. The fourth-order valence-electron chi connectivity index (χ4n) is 2.22.